The zero-order chi connectivity index (χ0) is 20.6. The average molecular weight is 409 g/mol. The standard InChI is InChI=1S/C19H24FN3O4S/c1-12-16(13(2)23(21-12)15-7-8-28(25,26)11-15)10-22(3)19(24)14-5-6-18(27-4)17(20)9-14/h5-6,9,15H,7-8,10-11H2,1-4H3. The predicted octanol–water partition coefficient (Wildman–Crippen LogP) is 2.28. The van der Waals surface area contributed by atoms with Gasteiger partial charge in [-0.25, -0.2) is 12.8 Å². The molecule has 2 heterocycles. The molecule has 0 spiro atoms. The Bertz CT molecular complexity index is 1020. The zero-order valence-corrected chi connectivity index (χ0v) is 17.2. The SMILES string of the molecule is COc1ccc(C(=O)N(C)Cc2c(C)nn(C3CCS(=O)(=O)C3)c2C)cc1F. The molecule has 0 saturated carbocycles. The number of rotatable bonds is 5. The summed E-state index contributed by atoms with van der Waals surface area (Å²) in [6.45, 7) is 4.02. The zero-order valence-electron chi connectivity index (χ0n) is 16.4. The van der Waals surface area contributed by atoms with Gasteiger partial charge < -0.3 is 9.64 Å². The van der Waals surface area contributed by atoms with Crippen LogP contribution in [0.15, 0.2) is 18.2 Å². The Morgan fingerprint density at radius 2 is 2.11 bits per heavy atom. The van der Waals surface area contributed by atoms with Gasteiger partial charge in [0.1, 0.15) is 0 Å². The van der Waals surface area contributed by atoms with Crippen molar-refractivity contribution in [2.45, 2.75) is 32.9 Å². The first-order chi connectivity index (χ1) is 13.1. The molecule has 1 aromatic carbocycles. The van der Waals surface area contributed by atoms with E-state index in [0.29, 0.717) is 13.0 Å². The maximum Gasteiger partial charge on any atom is 0.254 e. The number of nitrogens with zero attached hydrogens (tertiary/aromatic N) is 3. The summed E-state index contributed by atoms with van der Waals surface area (Å²) >= 11 is 0. The normalized spacial score (nSPS) is 18.2. The minimum atomic E-state index is -3.02. The van der Waals surface area contributed by atoms with Gasteiger partial charge in [-0.15, -0.1) is 0 Å². The van der Waals surface area contributed by atoms with Crippen LogP contribution in [0.5, 0.6) is 5.75 Å². The quantitative estimate of drug-likeness (QED) is 0.757. The Balaban J connectivity index is 1.80. The minimum Gasteiger partial charge on any atom is -0.494 e. The van der Waals surface area contributed by atoms with Crippen molar-refractivity contribution < 1.29 is 22.3 Å². The molecule has 1 aliphatic rings. The molecule has 3 rings (SSSR count). The van der Waals surface area contributed by atoms with Crippen molar-refractivity contribution >= 4 is 15.7 Å². The molecule has 152 valence electrons. The van der Waals surface area contributed by atoms with E-state index in [4.69, 9.17) is 4.74 Å². The van der Waals surface area contributed by atoms with E-state index in [9.17, 15) is 17.6 Å². The van der Waals surface area contributed by atoms with Crippen molar-refractivity contribution in [1.29, 1.82) is 0 Å². The summed E-state index contributed by atoms with van der Waals surface area (Å²) in [6, 6.07) is 3.93. The first-order valence-corrected chi connectivity index (χ1v) is 10.8. The van der Waals surface area contributed by atoms with Crippen molar-refractivity contribution in [2.75, 3.05) is 25.7 Å². The van der Waals surface area contributed by atoms with Crippen LogP contribution in [0, 0.1) is 19.7 Å². The summed E-state index contributed by atoms with van der Waals surface area (Å²) in [5, 5.41) is 4.52. The lowest BCUT2D eigenvalue weighted by molar-refractivity contribution is 0.0784. The van der Waals surface area contributed by atoms with Crippen LogP contribution in [-0.4, -0.2) is 54.7 Å². The van der Waals surface area contributed by atoms with Crippen LogP contribution in [0.3, 0.4) is 0 Å². The van der Waals surface area contributed by atoms with Crippen LogP contribution >= 0.6 is 0 Å². The van der Waals surface area contributed by atoms with E-state index in [1.54, 1.807) is 11.7 Å². The molecule has 0 bridgehead atoms. The molecule has 1 saturated heterocycles. The smallest absolute Gasteiger partial charge is 0.254 e. The van der Waals surface area contributed by atoms with E-state index < -0.39 is 15.7 Å². The van der Waals surface area contributed by atoms with E-state index in [1.165, 1.54) is 24.1 Å². The second kappa shape index (κ2) is 7.54. The summed E-state index contributed by atoms with van der Waals surface area (Å²) in [7, 11) is -0.0120. The van der Waals surface area contributed by atoms with Gasteiger partial charge in [-0.05, 0) is 38.5 Å². The van der Waals surface area contributed by atoms with E-state index >= 15 is 0 Å². The number of halogens is 1. The Hall–Kier alpha value is -2.42. The molecule has 1 atom stereocenters. The largest absolute Gasteiger partial charge is 0.494 e. The lowest BCUT2D eigenvalue weighted by Gasteiger charge is -2.18. The topological polar surface area (TPSA) is 81.5 Å². The molecule has 1 aliphatic heterocycles. The van der Waals surface area contributed by atoms with Gasteiger partial charge in [0.15, 0.2) is 21.4 Å². The fourth-order valence-electron chi connectivity index (χ4n) is 3.58. The maximum absolute atomic E-state index is 13.9. The summed E-state index contributed by atoms with van der Waals surface area (Å²) in [5.41, 5.74) is 2.70. The van der Waals surface area contributed by atoms with Crippen molar-refractivity contribution in [3.63, 3.8) is 0 Å². The number of amides is 1. The van der Waals surface area contributed by atoms with Crippen LogP contribution in [0.1, 0.15) is 39.8 Å². The first-order valence-electron chi connectivity index (χ1n) is 8.97. The molecular formula is C19H24FN3O4S. The lowest BCUT2D eigenvalue weighted by atomic mass is 10.1. The number of hydrogen-bond donors (Lipinski definition) is 0. The fourth-order valence-corrected chi connectivity index (χ4v) is 5.27. The second-order valence-electron chi connectivity index (χ2n) is 7.16. The summed E-state index contributed by atoms with van der Waals surface area (Å²) < 4.78 is 44.1. The number of aromatic nitrogens is 2. The van der Waals surface area contributed by atoms with Crippen LogP contribution < -0.4 is 4.74 Å². The van der Waals surface area contributed by atoms with Gasteiger partial charge in [0.25, 0.3) is 5.91 Å². The first kappa shape index (κ1) is 20.3. The minimum absolute atomic E-state index is 0.0821. The molecular weight excluding hydrogens is 385 g/mol. The van der Waals surface area contributed by atoms with Crippen LogP contribution in [0.25, 0.3) is 0 Å². The fraction of sp³-hybridized carbons (Fsp3) is 0.474. The molecule has 0 N–H and O–H groups in total. The molecule has 7 nitrogen and oxygen atoms in total. The number of aryl methyl sites for hydroxylation is 1. The average Bonchev–Trinajstić information content (AvgIpc) is 3.14. The Morgan fingerprint density at radius 1 is 1.39 bits per heavy atom. The molecule has 1 amide bonds. The number of carbonyl (C=O) groups excluding carboxylic acids is 1. The molecule has 0 aliphatic carbocycles. The highest BCUT2D eigenvalue weighted by atomic mass is 32.2. The van der Waals surface area contributed by atoms with Gasteiger partial charge >= 0.3 is 0 Å². The number of hydrogen-bond acceptors (Lipinski definition) is 5. The van der Waals surface area contributed by atoms with Gasteiger partial charge in [0, 0.05) is 30.4 Å². The Morgan fingerprint density at radius 3 is 2.68 bits per heavy atom. The molecule has 2 aromatic rings. The predicted molar refractivity (Wildman–Crippen MR) is 103 cm³/mol. The number of benzene rings is 1. The van der Waals surface area contributed by atoms with Gasteiger partial charge in [0.2, 0.25) is 0 Å². The third-order valence-corrected chi connectivity index (χ3v) is 6.92. The summed E-state index contributed by atoms with van der Waals surface area (Å²) in [6.07, 6.45) is 0.545. The molecule has 9 heteroatoms. The highest BCUT2D eigenvalue weighted by molar-refractivity contribution is 7.91. The monoisotopic (exact) mass is 409 g/mol. The molecule has 0 radical (unpaired) electrons. The molecule has 1 fully saturated rings. The van der Waals surface area contributed by atoms with Crippen LogP contribution in [0.4, 0.5) is 4.39 Å². The Labute approximate surface area is 164 Å². The Kier molecular flexibility index (Phi) is 5.47. The summed E-state index contributed by atoms with van der Waals surface area (Å²) in [5.74, 6) is -0.569. The third-order valence-electron chi connectivity index (χ3n) is 5.17. The van der Waals surface area contributed by atoms with Crippen LogP contribution in [-0.2, 0) is 16.4 Å². The number of carbonyl (C=O) groups is 1. The number of sulfone groups is 1. The van der Waals surface area contributed by atoms with Crippen LogP contribution in [0.2, 0.25) is 0 Å². The van der Waals surface area contributed by atoms with Gasteiger partial charge in [-0.3, -0.25) is 9.48 Å². The maximum atomic E-state index is 13.9. The van der Waals surface area contributed by atoms with Crippen molar-refractivity contribution in [1.82, 2.24) is 14.7 Å². The highest BCUT2D eigenvalue weighted by Crippen LogP contribution is 2.27. The van der Waals surface area contributed by atoms with E-state index in [-0.39, 0.29) is 34.8 Å². The van der Waals surface area contributed by atoms with Gasteiger partial charge in [-0.2, -0.15) is 5.10 Å². The van der Waals surface area contributed by atoms with Crippen molar-refractivity contribution in [3.05, 3.63) is 46.5 Å². The third kappa shape index (κ3) is 3.89. The number of methoxy groups -OCH3 is 1. The van der Waals surface area contributed by atoms with E-state index in [2.05, 4.69) is 5.10 Å². The second-order valence-corrected chi connectivity index (χ2v) is 9.39. The number of ether oxygens (including phenoxy) is 1. The van der Waals surface area contributed by atoms with Gasteiger partial charge in [0.05, 0.1) is 30.4 Å². The van der Waals surface area contributed by atoms with Crippen molar-refractivity contribution in [2.24, 2.45) is 0 Å². The summed E-state index contributed by atoms with van der Waals surface area (Å²) in [4.78, 5) is 14.2. The molecule has 1 unspecified atom stereocenters. The lowest BCUT2D eigenvalue weighted by Crippen LogP contribution is -2.27. The highest BCUT2D eigenvalue weighted by Gasteiger charge is 2.31. The van der Waals surface area contributed by atoms with Gasteiger partial charge in [-0.1, -0.05) is 0 Å². The van der Waals surface area contributed by atoms with Crippen molar-refractivity contribution in [3.8, 4) is 5.75 Å². The van der Waals surface area contributed by atoms with E-state index in [1.807, 2.05) is 13.8 Å². The van der Waals surface area contributed by atoms with E-state index in [0.717, 1.165) is 23.0 Å². The molecule has 28 heavy (non-hydrogen) atoms. The molecule has 1 aromatic heterocycles.